The second-order valence-electron chi connectivity index (χ2n) is 4.81. The topological polar surface area (TPSA) is 24.5 Å². The zero-order valence-corrected chi connectivity index (χ0v) is 10.2. The Bertz CT molecular complexity index is 212. The first-order chi connectivity index (χ1) is 7.95. The Balaban J connectivity index is 1.44. The molecule has 0 spiro atoms. The van der Waals surface area contributed by atoms with Crippen molar-refractivity contribution in [3.8, 4) is 0 Å². The maximum absolute atomic E-state index is 5.50. The highest BCUT2D eigenvalue weighted by Gasteiger charge is 2.11. The van der Waals surface area contributed by atoms with Gasteiger partial charge in [-0.2, -0.15) is 0 Å². The van der Waals surface area contributed by atoms with Gasteiger partial charge in [0.15, 0.2) is 0 Å². The first-order valence-electron chi connectivity index (χ1n) is 6.69. The molecular weight excluding hydrogens is 200 g/mol. The molecule has 0 aromatic heterocycles. The van der Waals surface area contributed by atoms with Crippen molar-refractivity contribution in [3.05, 3.63) is 12.3 Å². The average molecular weight is 224 g/mol. The summed E-state index contributed by atoms with van der Waals surface area (Å²) in [7, 11) is 0. The SMILES string of the molecule is C1=COC(CNCCCN2CCCC2)CC1. The van der Waals surface area contributed by atoms with Crippen LogP contribution in [0.2, 0.25) is 0 Å². The van der Waals surface area contributed by atoms with Crippen LogP contribution in [0, 0.1) is 0 Å². The van der Waals surface area contributed by atoms with Crippen LogP contribution in [0.25, 0.3) is 0 Å². The smallest absolute Gasteiger partial charge is 0.110 e. The minimum atomic E-state index is 0.400. The average Bonchev–Trinajstić information content (AvgIpc) is 2.83. The Labute approximate surface area is 98.8 Å². The lowest BCUT2D eigenvalue weighted by molar-refractivity contribution is 0.122. The number of likely N-dealkylation sites (tertiary alicyclic amines) is 1. The normalized spacial score (nSPS) is 25.9. The molecule has 2 aliphatic rings. The van der Waals surface area contributed by atoms with E-state index in [2.05, 4.69) is 16.3 Å². The van der Waals surface area contributed by atoms with E-state index in [0.29, 0.717) is 6.10 Å². The summed E-state index contributed by atoms with van der Waals surface area (Å²) < 4.78 is 5.50. The number of ether oxygens (including phenoxy) is 1. The lowest BCUT2D eigenvalue weighted by atomic mass is 10.1. The third-order valence-corrected chi connectivity index (χ3v) is 3.42. The molecule has 0 radical (unpaired) electrons. The molecule has 0 amide bonds. The third kappa shape index (κ3) is 4.14. The highest BCUT2D eigenvalue weighted by Crippen LogP contribution is 2.09. The van der Waals surface area contributed by atoms with E-state index in [1.807, 2.05) is 6.26 Å². The van der Waals surface area contributed by atoms with Gasteiger partial charge in [-0.05, 0) is 64.4 Å². The summed E-state index contributed by atoms with van der Waals surface area (Å²) in [5.41, 5.74) is 0. The van der Waals surface area contributed by atoms with Crippen LogP contribution in [-0.4, -0.2) is 43.7 Å². The molecule has 1 saturated heterocycles. The van der Waals surface area contributed by atoms with Crippen molar-refractivity contribution in [1.82, 2.24) is 10.2 Å². The first-order valence-corrected chi connectivity index (χ1v) is 6.69. The minimum Gasteiger partial charge on any atom is -0.497 e. The van der Waals surface area contributed by atoms with Crippen LogP contribution in [0.5, 0.6) is 0 Å². The summed E-state index contributed by atoms with van der Waals surface area (Å²) in [5, 5.41) is 3.49. The van der Waals surface area contributed by atoms with Crippen molar-refractivity contribution < 1.29 is 4.74 Å². The molecule has 1 N–H and O–H groups in total. The van der Waals surface area contributed by atoms with E-state index in [9.17, 15) is 0 Å². The Morgan fingerprint density at radius 2 is 2.19 bits per heavy atom. The summed E-state index contributed by atoms with van der Waals surface area (Å²) >= 11 is 0. The van der Waals surface area contributed by atoms with E-state index in [4.69, 9.17) is 4.74 Å². The highest BCUT2D eigenvalue weighted by atomic mass is 16.5. The second kappa shape index (κ2) is 6.92. The molecular formula is C13H24N2O. The number of hydrogen-bond donors (Lipinski definition) is 1. The van der Waals surface area contributed by atoms with Gasteiger partial charge in [0.25, 0.3) is 0 Å². The minimum absolute atomic E-state index is 0.400. The number of nitrogens with one attached hydrogen (secondary N) is 1. The monoisotopic (exact) mass is 224 g/mol. The van der Waals surface area contributed by atoms with Crippen molar-refractivity contribution in [2.24, 2.45) is 0 Å². The van der Waals surface area contributed by atoms with E-state index < -0.39 is 0 Å². The van der Waals surface area contributed by atoms with E-state index in [1.165, 1.54) is 45.3 Å². The fourth-order valence-corrected chi connectivity index (χ4v) is 2.43. The molecule has 0 aromatic rings. The van der Waals surface area contributed by atoms with Gasteiger partial charge in [-0.25, -0.2) is 0 Å². The van der Waals surface area contributed by atoms with Gasteiger partial charge >= 0.3 is 0 Å². The Kier molecular flexibility index (Phi) is 5.16. The van der Waals surface area contributed by atoms with Crippen molar-refractivity contribution in [3.63, 3.8) is 0 Å². The lowest BCUT2D eigenvalue weighted by Gasteiger charge is -2.20. The second-order valence-corrected chi connectivity index (χ2v) is 4.81. The summed E-state index contributed by atoms with van der Waals surface area (Å²) in [6.07, 6.45) is 10.7. The van der Waals surface area contributed by atoms with Crippen molar-refractivity contribution in [1.29, 1.82) is 0 Å². The molecule has 1 fully saturated rings. The van der Waals surface area contributed by atoms with Crippen LogP contribution in [0.1, 0.15) is 32.1 Å². The molecule has 0 saturated carbocycles. The summed E-state index contributed by atoms with van der Waals surface area (Å²) in [4.78, 5) is 2.57. The van der Waals surface area contributed by atoms with Crippen molar-refractivity contribution in [2.45, 2.75) is 38.2 Å². The number of hydrogen-bond acceptors (Lipinski definition) is 3. The van der Waals surface area contributed by atoms with Crippen LogP contribution in [0.15, 0.2) is 12.3 Å². The van der Waals surface area contributed by atoms with E-state index in [1.54, 1.807) is 0 Å². The summed E-state index contributed by atoms with van der Waals surface area (Å²) in [6, 6.07) is 0. The Morgan fingerprint density at radius 3 is 2.94 bits per heavy atom. The fourth-order valence-electron chi connectivity index (χ4n) is 2.43. The lowest BCUT2D eigenvalue weighted by Crippen LogP contribution is -2.31. The molecule has 2 rings (SSSR count). The summed E-state index contributed by atoms with van der Waals surface area (Å²) in [6.45, 7) is 6.02. The van der Waals surface area contributed by atoms with Gasteiger partial charge in [-0.15, -0.1) is 0 Å². The predicted molar refractivity (Wildman–Crippen MR) is 66.4 cm³/mol. The third-order valence-electron chi connectivity index (χ3n) is 3.42. The molecule has 3 heteroatoms. The number of rotatable bonds is 6. The molecule has 2 heterocycles. The molecule has 0 aliphatic carbocycles. The number of allylic oxidation sites excluding steroid dienone is 1. The maximum atomic E-state index is 5.50. The molecule has 92 valence electrons. The van der Waals surface area contributed by atoms with Crippen LogP contribution in [-0.2, 0) is 4.74 Å². The van der Waals surface area contributed by atoms with Gasteiger partial charge in [0.1, 0.15) is 6.10 Å². The Hall–Kier alpha value is -0.540. The molecule has 1 atom stereocenters. The molecule has 0 aromatic carbocycles. The zero-order valence-electron chi connectivity index (χ0n) is 10.2. The fraction of sp³-hybridized carbons (Fsp3) is 0.846. The van der Waals surface area contributed by atoms with Crippen molar-refractivity contribution in [2.75, 3.05) is 32.7 Å². The maximum Gasteiger partial charge on any atom is 0.110 e. The van der Waals surface area contributed by atoms with E-state index in [-0.39, 0.29) is 0 Å². The van der Waals surface area contributed by atoms with Gasteiger partial charge < -0.3 is 15.0 Å². The zero-order chi connectivity index (χ0) is 11.1. The van der Waals surface area contributed by atoms with Crippen LogP contribution in [0.3, 0.4) is 0 Å². The van der Waals surface area contributed by atoms with Crippen molar-refractivity contribution >= 4 is 0 Å². The van der Waals surface area contributed by atoms with E-state index >= 15 is 0 Å². The molecule has 0 bridgehead atoms. The van der Waals surface area contributed by atoms with Gasteiger partial charge in [-0.3, -0.25) is 0 Å². The molecule has 2 aliphatic heterocycles. The summed E-state index contributed by atoms with van der Waals surface area (Å²) in [5.74, 6) is 0. The van der Waals surface area contributed by atoms with Gasteiger partial charge in [0.2, 0.25) is 0 Å². The Morgan fingerprint density at radius 1 is 1.31 bits per heavy atom. The quantitative estimate of drug-likeness (QED) is 0.696. The first kappa shape index (κ1) is 11.9. The highest BCUT2D eigenvalue weighted by molar-refractivity contribution is 4.82. The van der Waals surface area contributed by atoms with Gasteiger partial charge in [0.05, 0.1) is 6.26 Å². The molecule has 1 unspecified atom stereocenters. The van der Waals surface area contributed by atoms with Crippen LogP contribution < -0.4 is 5.32 Å². The molecule has 3 nitrogen and oxygen atoms in total. The number of nitrogens with zero attached hydrogens (tertiary/aromatic N) is 1. The van der Waals surface area contributed by atoms with Gasteiger partial charge in [-0.1, -0.05) is 0 Å². The standard InChI is InChI=1S/C13H24N2O/c1-4-11-16-13(6-1)12-14-7-5-10-15-8-2-3-9-15/h4,11,13-14H,1-3,5-10,12H2. The largest absolute Gasteiger partial charge is 0.497 e. The van der Waals surface area contributed by atoms with E-state index in [0.717, 1.165) is 19.5 Å². The van der Waals surface area contributed by atoms with Gasteiger partial charge in [0, 0.05) is 6.54 Å². The molecule has 16 heavy (non-hydrogen) atoms. The van der Waals surface area contributed by atoms with Crippen LogP contribution >= 0.6 is 0 Å². The van der Waals surface area contributed by atoms with Crippen LogP contribution in [0.4, 0.5) is 0 Å². The predicted octanol–water partition coefficient (Wildman–Crippen LogP) is 1.75.